The molecule has 72 valence electrons. The predicted octanol–water partition coefficient (Wildman–Crippen LogP) is 1.97. The summed E-state index contributed by atoms with van der Waals surface area (Å²) in [5.41, 5.74) is 0.681. The van der Waals surface area contributed by atoms with E-state index in [1.807, 2.05) is 12.2 Å². The van der Waals surface area contributed by atoms with Gasteiger partial charge in [0, 0.05) is 6.42 Å². The van der Waals surface area contributed by atoms with Gasteiger partial charge in [0.25, 0.3) is 0 Å². The molecule has 3 rings (SSSR count). The minimum absolute atomic E-state index is 0. The van der Waals surface area contributed by atoms with E-state index in [0.29, 0.717) is 12.1 Å². The van der Waals surface area contributed by atoms with Gasteiger partial charge in [0.2, 0.25) is 0 Å². The minimum atomic E-state index is 0. The highest BCUT2D eigenvalue weighted by Gasteiger charge is 2.20. The summed E-state index contributed by atoms with van der Waals surface area (Å²) in [7, 11) is 0. The van der Waals surface area contributed by atoms with Gasteiger partial charge in [-0.05, 0) is 6.08 Å². The fraction of sp³-hybridized carbons (Fsp3) is 0.125. The Hall–Kier alpha value is -1.01. The summed E-state index contributed by atoms with van der Waals surface area (Å²) >= 11 is 1.54. The van der Waals surface area contributed by atoms with E-state index in [1.54, 1.807) is 22.0 Å². The molecule has 4 nitrogen and oxygen atoms in total. The van der Waals surface area contributed by atoms with Gasteiger partial charge in [-0.25, -0.2) is 0 Å². The molecule has 14 heavy (non-hydrogen) atoms. The van der Waals surface area contributed by atoms with Crippen LogP contribution in [0.1, 0.15) is 21.8 Å². The average Bonchev–Trinajstić information content (AvgIpc) is 2.62. The highest BCUT2D eigenvalue weighted by Crippen LogP contribution is 2.27. The van der Waals surface area contributed by atoms with E-state index >= 15 is 0 Å². The van der Waals surface area contributed by atoms with Crippen LogP contribution in [0.5, 0.6) is 0 Å². The van der Waals surface area contributed by atoms with Crippen molar-refractivity contribution in [3.63, 3.8) is 0 Å². The summed E-state index contributed by atoms with van der Waals surface area (Å²) in [4.78, 5) is 13.4. The molecule has 0 unspecified atom stereocenters. The number of halogens is 1. The van der Waals surface area contributed by atoms with E-state index in [0.717, 1.165) is 9.71 Å². The molecular formula is C8H6BrN3OS. The second-order valence-corrected chi connectivity index (χ2v) is 3.89. The van der Waals surface area contributed by atoms with Crippen molar-refractivity contribution in [3.8, 4) is 0 Å². The van der Waals surface area contributed by atoms with Crippen molar-refractivity contribution in [2.75, 3.05) is 0 Å². The lowest BCUT2D eigenvalue weighted by Gasteiger charge is -2.01. The van der Waals surface area contributed by atoms with Crippen LogP contribution in [0.3, 0.4) is 0 Å². The van der Waals surface area contributed by atoms with Crippen molar-refractivity contribution in [2.45, 2.75) is 6.42 Å². The Kier molecular flexibility index (Phi) is 2.24. The first-order chi connectivity index (χ1) is 6.36. The molecule has 0 saturated carbocycles. The number of fused-ring (bicyclic) bond motifs is 3. The Labute approximate surface area is 94.0 Å². The Bertz CT molecular complexity index is 528. The van der Waals surface area contributed by atoms with Crippen LogP contribution in [-0.4, -0.2) is 20.6 Å². The molecule has 0 radical (unpaired) electrons. The SMILES string of the molecule is Br.O=C1CC=Cc2sc3cnnn3c21. The molecule has 1 aliphatic carbocycles. The van der Waals surface area contributed by atoms with E-state index in [4.69, 9.17) is 0 Å². The van der Waals surface area contributed by atoms with Gasteiger partial charge in [-0.2, -0.15) is 4.52 Å². The van der Waals surface area contributed by atoms with Gasteiger partial charge in [-0.15, -0.1) is 33.4 Å². The van der Waals surface area contributed by atoms with Gasteiger partial charge >= 0.3 is 0 Å². The average molecular weight is 272 g/mol. The third kappa shape index (κ3) is 1.14. The second kappa shape index (κ2) is 3.29. The van der Waals surface area contributed by atoms with Crippen LogP contribution in [0, 0.1) is 0 Å². The molecular weight excluding hydrogens is 266 g/mol. The summed E-state index contributed by atoms with van der Waals surface area (Å²) in [6.45, 7) is 0. The highest BCUT2D eigenvalue weighted by atomic mass is 79.9. The molecule has 0 amide bonds. The first-order valence-electron chi connectivity index (χ1n) is 3.89. The predicted molar refractivity (Wildman–Crippen MR) is 59.2 cm³/mol. The standard InChI is InChI=1S/C8H5N3OS.BrH/c12-5-2-1-3-6-8(5)11-7(13-6)4-9-10-11;/h1,3-4H,2H2;1H. The molecule has 6 heteroatoms. The van der Waals surface area contributed by atoms with Crippen molar-refractivity contribution in [1.29, 1.82) is 0 Å². The molecule has 0 bridgehead atoms. The third-order valence-corrected chi connectivity index (χ3v) is 3.05. The summed E-state index contributed by atoms with van der Waals surface area (Å²) < 4.78 is 1.62. The van der Waals surface area contributed by atoms with Crippen LogP contribution < -0.4 is 0 Å². The van der Waals surface area contributed by atoms with Crippen LogP contribution in [0.15, 0.2) is 12.3 Å². The Morgan fingerprint density at radius 3 is 3.21 bits per heavy atom. The number of aromatic nitrogens is 3. The van der Waals surface area contributed by atoms with Gasteiger partial charge in [0.1, 0.15) is 10.5 Å². The molecule has 2 heterocycles. The lowest BCUT2D eigenvalue weighted by molar-refractivity contribution is 0.0988. The zero-order chi connectivity index (χ0) is 8.84. The van der Waals surface area contributed by atoms with E-state index in [2.05, 4.69) is 10.3 Å². The third-order valence-electron chi connectivity index (χ3n) is 2.01. The lowest BCUT2D eigenvalue weighted by Crippen LogP contribution is -2.07. The quantitative estimate of drug-likeness (QED) is 0.736. The van der Waals surface area contributed by atoms with Gasteiger partial charge < -0.3 is 0 Å². The fourth-order valence-corrected chi connectivity index (χ4v) is 2.45. The van der Waals surface area contributed by atoms with E-state index < -0.39 is 0 Å². The maximum absolute atomic E-state index is 11.5. The maximum Gasteiger partial charge on any atom is 0.186 e. The number of thiazole rings is 1. The number of nitrogens with zero attached hydrogens (tertiary/aromatic N) is 3. The highest BCUT2D eigenvalue weighted by molar-refractivity contribution is 8.93. The van der Waals surface area contributed by atoms with Crippen LogP contribution in [-0.2, 0) is 0 Å². The Morgan fingerprint density at radius 1 is 1.50 bits per heavy atom. The molecule has 0 N–H and O–H groups in total. The van der Waals surface area contributed by atoms with Crippen molar-refractivity contribution in [3.05, 3.63) is 22.8 Å². The van der Waals surface area contributed by atoms with Crippen LogP contribution >= 0.6 is 28.3 Å². The summed E-state index contributed by atoms with van der Waals surface area (Å²) in [6.07, 6.45) is 5.99. The van der Waals surface area contributed by atoms with Gasteiger partial charge in [0.15, 0.2) is 5.78 Å². The molecule has 0 aromatic carbocycles. The number of allylic oxidation sites excluding steroid dienone is 1. The molecule has 2 aromatic rings. The molecule has 0 aliphatic heterocycles. The van der Waals surface area contributed by atoms with Crippen molar-refractivity contribution >= 4 is 45.0 Å². The number of carbonyl (C=O) groups excluding carboxylic acids is 1. The molecule has 0 saturated heterocycles. The van der Waals surface area contributed by atoms with E-state index in [9.17, 15) is 4.79 Å². The van der Waals surface area contributed by atoms with E-state index in [1.165, 1.54) is 0 Å². The Balaban J connectivity index is 0.000000750. The summed E-state index contributed by atoms with van der Waals surface area (Å²) in [6, 6.07) is 0. The van der Waals surface area contributed by atoms with Crippen molar-refractivity contribution in [1.82, 2.24) is 14.8 Å². The summed E-state index contributed by atoms with van der Waals surface area (Å²) in [5, 5.41) is 7.62. The second-order valence-electron chi connectivity index (χ2n) is 2.83. The zero-order valence-corrected chi connectivity index (χ0v) is 9.54. The summed E-state index contributed by atoms with van der Waals surface area (Å²) in [5.74, 6) is 0.120. The molecule has 0 fully saturated rings. The smallest absolute Gasteiger partial charge is 0.186 e. The zero-order valence-electron chi connectivity index (χ0n) is 7.01. The minimum Gasteiger partial charge on any atom is -0.292 e. The number of rotatable bonds is 0. The van der Waals surface area contributed by atoms with E-state index in [-0.39, 0.29) is 22.8 Å². The number of ketones is 1. The van der Waals surface area contributed by atoms with Crippen LogP contribution in [0.4, 0.5) is 0 Å². The number of hydrogen-bond donors (Lipinski definition) is 0. The first-order valence-corrected chi connectivity index (χ1v) is 4.71. The largest absolute Gasteiger partial charge is 0.292 e. The lowest BCUT2D eigenvalue weighted by atomic mass is 10.1. The monoisotopic (exact) mass is 271 g/mol. The topological polar surface area (TPSA) is 47.3 Å². The fourth-order valence-electron chi connectivity index (χ4n) is 1.45. The van der Waals surface area contributed by atoms with Crippen LogP contribution in [0.2, 0.25) is 0 Å². The molecule has 1 aliphatic rings. The Morgan fingerprint density at radius 2 is 2.36 bits per heavy atom. The number of hydrogen-bond acceptors (Lipinski definition) is 4. The maximum atomic E-state index is 11.5. The molecule has 2 aromatic heterocycles. The van der Waals surface area contributed by atoms with Gasteiger partial charge in [-0.1, -0.05) is 11.3 Å². The van der Waals surface area contributed by atoms with Gasteiger partial charge in [0.05, 0.1) is 11.1 Å². The number of Topliss-reactive ketones (excluding diaryl/α,β-unsaturated/α-hetero) is 1. The first kappa shape index (κ1) is 9.54. The number of carbonyl (C=O) groups is 1. The van der Waals surface area contributed by atoms with Gasteiger partial charge in [-0.3, -0.25) is 4.79 Å². The molecule has 0 spiro atoms. The van der Waals surface area contributed by atoms with Crippen LogP contribution in [0.25, 0.3) is 10.9 Å². The van der Waals surface area contributed by atoms with Crippen molar-refractivity contribution in [2.24, 2.45) is 0 Å². The normalized spacial score (nSPS) is 14.1. The molecule has 0 atom stereocenters. The van der Waals surface area contributed by atoms with Crippen molar-refractivity contribution < 1.29 is 4.79 Å².